The Morgan fingerprint density at radius 3 is 2.15 bits per heavy atom. The van der Waals surface area contributed by atoms with E-state index >= 15 is 0 Å². The smallest absolute Gasteiger partial charge is 0.289 e. The van der Waals surface area contributed by atoms with Gasteiger partial charge < -0.3 is 26.2 Å². The van der Waals surface area contributed by atoms with Crippen LogP contribution in [0, 0.1) is 23.7 Å². The standard InChI is InChI=1S/C31H42F3N7O6/c1-14(2)23(39-27(43)21-12-35-9-10-36-21)28(44)40-24(15(3)4)31(47)41-13-18-17(7-8-19(18)32)25(41)29(45)38-20(11-22(33)34)26(42)30(46)37-16-5-6-16/h9-10,12,14-20,22-25H,5-8,11,13H2,1-4H3,(H,37,46)(H,38,45)(H,39,43)(H,40,44)/t17-,18-,19-,20?,23+,24-,25-/m0/s1. The molecular weight excluding hydrogens is 623 g/mol. The number of ketones is 1. The van der Waals surface area contributed by atoms with Gasteiger partial charge in [0, 0.05) is 37.3 Å². The number of halogens is 3. The fraction of sp³-hybridized carbons (Fsp3) is 0.677. The number of nitrogens with zero attached hydrogens (tertiary/aromatic N) is 3. The van der Waals surface area contributed by atoms with Gasteiger partial charge in [-0.1, -0.05) is 27.7 Å². The molecule has 5 amide bonds. The van der Waals surface area contributed by atoms with Crippen LogP contribution >= 0.6 is 0 Å². The summed E-state index contributed by atoms with van der Waals surface area (Å²) in [6, 6.07) is -5.72. The van der Waals surface area contributed by atoms with E-state index < -0.39 is 102 Å². The predicted octanol–water partition coefficient (Wildman–Crippen LogP) is 0.935. The highest BCUT2D eigenvalue weighted by molar-refractivity contribution is 6.38. The summed E-state index contributed by atoms with van der Waals surface area (Å²) in [5.41, 5.74) is -0.0191. The zero-order chi connectivity index (χ0) is 34.6. The van der Waals surface area contributed by atoms with Gasteiger partial charge >= 0.3 is 0 Å². The van der Waals surface area contributed by atoms with Crippen LogP contribution < -0.4 is 21.3 Å². The lowest BCUT2D eigenvalue weighted by molar-refractivity contribution is -0.145. The maximum Gasteiger partial charge on any atom is 0.289 e. The van der Waals surface area contributed by atoms with E-state index in [9.17, 15) is 41.9 Å². The minimum Gasteiger partial charge on any atom is -0.347 e. The van der Waals surface area contributed by atoms with Crippen LogP contribution in [0.3, 0.4) is 0 Å². The Bertz CT molecular complexity index is 1350. The molecule has 0 spiro atoms. The first-order valence-electron chi connectivity index (χ1n) is 15.9. The van der Waals surface area contributed by atoms with E-state index in [0.717, 1.165) is 4.90 Å². The second kappa shape index (κ2) is 15.2. The molecule has 13 nitrogen and oxygen atoms in total. The maximum atomic E-state index is 15.0. The molecule has 258 valence electrons. The number of nitrogens with one attached hydrogen (secondary N) is 4. The molecule has 1 unspecified atom stereocenters. The number of rotatable bonds is 14. The molecule has 0 radical (unpaired) electrons. The normalized spacial score (nSPS) is 24.0. The van der Waals surface area contributed by atoms with Gasteiger partial charge in [0.2, 0.25) is 29.9 Å². The van der Waals surface area contributed by atoms with Gasteiger partial charge in [-0.05, 0) is 43.4 Å². The Balaban J connectivity index is 1.54. The molecule has 3 aliphatic rings. The first kappa shape index (κ1) is 35.7. The topological polar surface area (TPSA) is 180 Å². The highest BCUT2D eigenvalue weighted by atomic mass is 19.3. The van der Waals surface area contributed by atoms with Gasteiger partial charge in [0.1, 0.15) is 36.0 Å². The summed E-state index contributed by atoms with van der Waals surface area (Å²) in [6.07, 6.45) is 0.123. The number of hydrogen-bond donors (Lipinski definition) is 4. The average Bonchev–Trinajstić information content (AvgIpc) is 3.64. The third-order valence-corrected chi connectivity index (χ3v) is 8.94. The van der Waals surface area contributed by atoms with Gasteiger partial charge in [-0.3, -0.25) is 33.8 Å². The molecule has 0 bridgehead atoms. The summed E-state index contributed by atoms with van der Waals surface area (Å²) >= 11 is 0. The number of carbonyl (C=O) groups excluding carboxylic acids is 6. The number of aromatic nitrogens is 2. The average molecular weight is 666 g/mol. The van der Waals surface area contributed by atoms with Crippen molar-refractivity contribution in [2.45, 2.75) is 103 Å². The Morgan fingerprint density at radius 2 is 1.57 bits per heavy atom. The number of likely N-dealkylation sites (tertiary alicyclic amines) is 1. The van der Waals surface area contributed by atoms with E-state index in [1.165, 1.54) is 18.6 Å². The highest BCUT2D eigenvalue weighted by Crippen LogP contribution is 2.44. The SMILES string of the molecule is CC(C)[C@H](NC(=O)[C@H](NC(=O)c1cnccn1)C(C)C)C(=O)N1C[C@H]2[C@H](CC[C@@H]2F)[C@H]1C(=O)NC(CC(F)F)C(=O)C(=O)NC1CC1. The summed E-state index contributed by atoms with van der Waals surface area (Å²) in [7, 11) is 0. The van der Waals surface area contributed by atoms with Crippen molar-refractivity contribution in [1.82, 2.24) is 36.1 Å². The molecule has 2 saturated carbocycles. The van der Waals surface area contributed by atoms with Crippen LogP contribution in [0.4, 0.5) is 13.2 Å². The molecule has 1 aromatic heterocycles. The van der Waals surface area contributed by atoms with E-state index in [2.05, 4.69) is 31.2 Å². The van der Waals surface area contributed by atoms with E-state index in [-0.39, 0.29) is 31.1 Å². The molecule has 0 aromatic carbocycles. The quantitative estimate of drug-likeness (QED) is 0.212. The molecule has 16 heteroatoms. The molecule has 7 atom stereocenters. The monoisotopic (exact) mass is 665 g/mol. The number of fused-ring (bicyclic) bond motifs is 1. The van der Waals surface area contributed by atoms with Crippen molar-refractivity contribution in [2.24, 2.45) is 23.7 Å². The Labute approximate surface area is 270 Å². The van der Waals surface area contributed by atoms with E-state index in [1.54, 1.807) is 27.7 Å². The van der Waals surface area contributed by atoms with Crippen molar-refractivity contribution in [3.05, 3.63) is 24.3 Å². The summed E-state index contributed by atoms with van der Waals surface area (Å²) < 4.78 is 41.9. The lowest BCUT2D eigenvalue weighted by Crippen LogP contribution is -2.60. The van der Waals surface area contributed by atoms with Crippen molar-refractivity contribution >= 4 is 35.3 Å². The molecule has 1 saturated heterocycles. The zero-order valence-corrected chi connectivity index (χ0v) is 26.8. The molecule has 2 aliphatic carbocycles. The van der Waals surface area contributed by atoms with Crippen molar-refractivity contribution in [3.8, 4) is 0 Å². The number of alkyl halides is 3. The van der Waals surface area contributed by atoms with Crippen molar-refractivity contribution in [2.75, 3.05) is 6.54 Å². The first-order valence-corrected chi connectivity index (χ1v) is 15.9. The highest BCUT2D eigenvalue weighted by Gasteiger charge is 2.55. The van der Waals surface area contributed by atoms with Gasteiger partial charge in [-0.15, -0.1) is 0 Å². The minimum atomic E-state index is -3.03. The van der Waals surface area contributed by atoms with Crippen LogP contribution in [0.2, 0.25) is 0 Å². The van der Waals surface area contributed by atoms with E-state index in [0.29, 0.717) is 12.8 Å². The van der Waals surface area contributed by atoms with Crippen LogP contribution in [-0.2, 0) is 24.0 Å². The number of hydrogen-bond acceptors (Lipinski definition) is 8. The van der Waals surface area contributed by atoms with Gasteiger partial charge in [0.25, 0.3) is 11.8 Å². The zero-order valence-electron chi connectivity index (χ0n) is 26.8. The van der Waals surface area contributed by atoms with Crippen LogP contribution in [0.5, 0.6) is 0 Å². The third-order valence-electron chi connectivity index (χ3n) is 8.94. The van der Waals surface area contributed by atoms with Crippen molar-refractivity contribution in [1.29, 1.82) is 0 Å². The fourth-order valence-corrected chi connectivity index (χ4v) is 6.24. The predicted molar refractivity (Wildman–Crippen MR) is 160 cm³/mol. The van der Waals surface area contributed by atoms with Crippen LogP contribution in [-0.4, -0.2) is 99.5 Å². The first-order chi connectivity index (χ1) is 22.2. The molecule has 2 heterocycles. The van der Waals surface area contributed by atoms with Crippen LogP contribution in [0.15, 0.2) is 18.6 Å². The largest absolute Gasteiger partial charge is 0.347 e. The second-order valence-corrected chi connectivity index (χ2v) is 13.2. The van der Waals surface area contributed by atoms with Crippen molar-refractivity contribution in [3.63, 3.8) is 0 Å². The minimum absolute atomic E-state index is 0.0191. The van der Waals surface area contributed by atoms with Gasteiger partial charge in [-0.2, -0.15) is 0 Å². The lowest BCUT2D eigenvalue weighted by Gasteiger charge is -2.33. The number of carbonyl (C=O) groups is 6. The molecule has 4 rings (SSSR count). The summed E-state index contributed by atoms with van der Waals surface area (Å²) in [4.78, 5) is 88.2. The van der Waals surface area contributed by atoms with Crippen molar-refractivity contribution < 1.29 is 41.9 Å². The summed E-state index contributed by atoms with van der Waals surface area (Å²) in [5, 5.41) is 9.98. The fourth-order valence-electron chi connectivity index (χ4n) is 6.24. The molecule has 1 aromatic rings. The summed E-state index contributed by atoms with van der Waals surface area (Å²) in [6.45, 7) is 6.53. The van der Waals surface area contributed by atoms with Gasteiger partial charge in [-0.25, -0.2) is 18.2 Å². The van der Waals surface area contributed by atoms with Crippen LogP contribution in [0.25, 0.3) is 0 Å². The Kier molecular flexibility index (Phi) is 11.6. The van der Waals surface area contributed by atoms with Crippen LogP contribution in [0.1, 0.15) is 70.3 Å². The number of amides is 5. The second-order valence-electron chi connectivity index (χ2n) is 13.2. The van der Waals surface area contributed by atoms with E-state index in [1.807, 2.05) is 0 Å². The van der Waals surface area contributed by atoms with E-state index in [4.69, 9.17) is 0 Å². The number of Topliss-reactive ketones (excluding diaryl/α,β-unsaturated/α-hetero) is 1. The van der Waals surface area contributed by atoms with Gasteiger partial charge in [0.05, 0.1) is 6.20 Å². The third kappa shape index (κ3) is 8.63. The molecule has 3 fully saturated rings. The lowest BCUT2D eigenvalue weighted by atomic mass is 9.92. The Hall–Kier alpha value is -4.11. The molecular formula is C31H42F3N7O6. The Morgan fingerprint density at radius 1 is 0.894 bits per heavy atom. The molecule has 1 aliphatic heterocycles. The molecule has 4 N–H and O–H groups in total. The maximum absolute atomic E-state index is 15.0. The van der Waals surface area contributed by atoms with Gasteiger partial charge in [0.15, 0.2) is 0 Å². The summed E-state index contributed by atoms with van der Waals surface area (Å²) in [5.74, 6) is -7.67. The molecule has 47 heavy (non-hydrogen) atoms.